The van der Waals surface area contributed by atoms with E-state index in [9.17, 15) is 4.79 Å². The molecule has 0 rings (SSSR count). The minimum absolute atomic E-state index is 0.0205. The van der Waals surface area contributed by atoms with Crippen LogP contribution >= 0.6 is 0 Å². The van der Waals surface area contributed by atoms with Gasteiger partial charge in [0.1, 0.15) is 0 Å². The molecule has 7 N–H and O–H groups in total. The molecule has 0 fully saturated rings. The number of hydrogen-bond donors (Lipinski definition) is 4. The SMILES string of the molecule is CNC(=O)CC/C(N)=C/N(N)CCCCCN. The van der Waals surface area contributed by atoms with Crippen molar-refractivity contribution in [3.63, 3.8) is 0 Å². The molecular formula is C11H25N5O. The second-order valence-electron chi connectivity index (χ2n) is 3.96. The Morgan fingerprint density at radius 1 is 1.29 bits per heavy atom. The van der Waals surface area contributed by atoms with Crippen LogP contribution < -0.4 is 22.6 Å². The van der Waals surface area contributed by atoms with Crippen LogP contribution in [0.1, 0.15) is 32.1 Å². The Hall–Kier alpha value is -1.27. The average molecular weight is 243 g/mol. The Kier molecular flexibility index (Phi) is 9.18. The van der Waals surface area contributed by atoms with E-state index in [1.807, 2.05) is 0 Å². The standard InChI is InChI=1S/C11H25N5O/c1-15-11(17)6-5-10(13)9-16(14)8-4-2-3-7-12/h9H,2-8,12-14H2,1H3,(H,15,17)/b10-9-. The third-order valence-corrected chi connectivity index (χ3v) is 2.37. The summed E-state index contributed by atoms with van der Waals surface area (Å²) in [5.41, 5.74) is 11.8. The van der Waals surface area contributed by atoms with Gasteiger partial charge in [0.25, 0.3) is 0 Å². The number of rotatable bonds is 9. The van der Waals surface area contributed by atoms with Gasteiger partial charge in [0.2, 0.25) is 5.91 Å². The molecule has 0 unspecified atom stereocenters. The van der Waals surface area contributed by atoms with Crippen molar-refractivity contribution in [2.24, 2.45) is 17.3 Å². The van der Waals surface area contributed by atoms with E-state index >= 15 is 0 Å². The molecule has 17 heavy (non-hydrogen) atoms. The van der Waals surface area contributed by atoms with Gasteiger partial charge < -0.3 is 21.8 Å². The molecule has 6 nitrogen and oxygen atoms in total. The largest absolute Gasteiger partial charge is 0.401 e. The normalized spacial score (nSPS) is 11.4. The van der Waals surface area contributed by atoms with Gasteiger partial charge in [0.05, 0.1) is 0 Å². The highest BCUT2D eigenvalue weighted by Gasteiger charge is 2.00. The van der Waals surface area contributed by atoms with Gasteiger partial charge in [-0.15, -0.1) is 0 Å². The zero-order valence-electron chi connectivity index (χ0n) is 10.6. The molecule has 0 heterocycles. The van der Waals surface area contributed by atoms with Crippen molar-refractivity contribution >= 4 is 5.91 Å². The first-order valence-electron chi connectivity index (χ1n) is 5.98. The molecule has 0 atom stereocenters. The van der Waals surface area contributed by atoms with Gasteiger partial charge in [-0.3, -0.25) is 4.79 Å². The van der Waals surface area contributed by atoms with Crippen LogP contribution in [0.25, 0.3) is 0 Å². The summed E-state index contributed by atoms with van der Waals surface area (Å²) < 4.78 is 0. The van der Waals surface area contributed by atoms with Crippen molar-refractivity contribution in [1.82, 2.24) is 10.3 Å². The number of carbonyl (C=O) groups excluding carboxylic acids is 1. The van der Waals surface area contributed by atoms with E-state index in [2.05, 4.69) is 5.32 Å². The van der Waals surface area contributed by atoms with Crippen LogP contribution in [0.15, 0.2) is 11.9 Å². The molecule has 0 aliphatic rings. The summed E-state index contributed by atoms with van der Waals surface area (Å²) in [7, 11) is 1.61. The topological polar surface area (TPSA) is 110 Å². The predicted octanol–water partition coefficient (Wildman–Crippen LogP) is -0.383. The summed E-state index contributed by atoms with van der Waals surface area (Å²) in [6, 6.07) is 0. The first-order chi connectivity index (χ1) is 8.10. The Morgan fingerprint density at radius 3 is 2.59 bits per heavy atom. The number of allylic oxidation sites excluding steroid dienone is 1. The molecule has 0 aromatic heterocycles. The molecule has 0 saturated carbocycles. The molecule has 6 heteroatoms. The highest BCUT2D eigenvalue weighted by Crippen LogP contribution is 2.00. The summed E-state index contributed by atoms with van der Waals surface area (Å²) in [4.78, 5) is 11.0. The lowest BCUT2D eigenvalue weighted by Gasteiger charge is -2.14. The first-order valence-corrected chi connectivity index (χ1v) is 5.98. The van der Waals surface area contributed by atoms with E-state index in [4.69, 9.17) is 17.3 Å². The fraction of sp³-hybridized carbons (Fsp3) is 0.727. The summed E-state index contributed by atoms with van der Waals surface area (Å²) in [5.74, 6) is 5.72. The molecule has 0 radical (unpaired) electrons. The van der Waals surface area contributed by atoms with Crippen LogP contribution in [0.2, 0.25) is 0 Å². The molecule has 1 amide bonds. The smallest absolute Gasteiger partial charge is 0.220 e. The maximum absolute atomic E-state index is 11.0. The summed E-state index contributed by atoms with van der Waals surface area (Å²) >= 11 is 0. The lowest BCUT2D eigenvalue weighted by molar-refractivity contribution is -0.120. The molecular weight excluding hydrogens is 218 g/mol. The van der Waals surface area contributed by atoms with Gasteiger partial charge in [-0.05, 0) is 25.8 Å². The lowest BCUT2D eigenvalue weighted by atomic mass is 10.2. The number of hydrazine groups is 1. The average Bonchev–Trinajstić information content (AvgIpc) is 2.31. The zero-order chi connectivity index (χ0) is 13.1. The fourth-order valence-corrected chi connectivity index (χ4v) is 1.34. The minimum Gasteiger partial charge on any atom is -0.401 e. The number of nitrogens with one attached hydrogen (secondary N) is 1. The number of carbonyl (C=O) groups is 1. The van der Waals surface area contributed by atoms with Crippen molar-refractivity contribution in [1.29, 1.82) is 0 Å². The molecule has 0 aliphatic carbocycles. The fourth-order valence-electron chi connectivity index (χ4n) is 1.34. The summed E-state index contributed by atoms with van der Waals surface area (Å²) in [6.07, 6.45) is 5.67. The Bertz CT molecular complexity index is 242. The maximum atomic E-state index is 11.0. The molecule has 0 aromatic rings. The van der Waals surface area contributed by atoms with Gasteiger partial charge in [0, 0.05) is 31.9 Å². The van der Waals surface area contributed by atoms with Crippen molar-refractivity contribution < 1.29 is 4.79 Å². The van der Waals surface area contributed by atoms with E-state index in [1.54, 1.807) is 18.3 Å². The van der Waals surface area contributed by atoms with E-state index < -0.39 is 0 Å². The Morgan fingerprint density at radius 2 is 2.00 bits per heavy atom. The number of nitrogens with zero attached hydrogens (tertiary/aromatic N) is 1. The minimum atomic E-state index is -0.0205. The molecule has 0 aromatic carbocycles. The van der Waals surface area contributed by atoms with Gasteiger partial charge in [-0.1, -0.05) is 6.42 Å². The third kappa shape index (κ3) is 9.65. The highest BCUT2D eigenvalue weighted by molar-refractivity contribution is 5.75. The second kappa shape index (κ2) is 9.92. The second-order valence-corrected chi connectivity index (χ2v) is 3.96. The maximum Gasteiger partial charge on any atom is 0.220 e. The van der Waals surface area contributed by atoms with E-state index in [-0.39, 0.29) is 5.91 Å². The number of hydrogen-bond acceptors (Lipinski definition) is 5. The van der Waals surface area contributed by atoms with Crippen LogP contribution in [0, 0.1) is 0 Å². The number of unbranched alkanes of at least 4 members (excludes halogenated alkanes) is 2. The van der Waals surface area contributed by atoms with Gasteiger partial charge in [-0.25, -0.2) is 5.84 Å². The van der Waals surface area contributed by atoms with Gasteiger partial charge >= 0.3 is 0 Å². The summed E-state index contributed by atoms with van der Waals surface area (Å²) in [5, 5.41) is 4.11. The van der Waals surface area contributed by atoms with Crippen molar-refractivity contribution in [3.05, 3.63) is 11.9 Å². The van der Waals surface area contributed by atoms with E-state index in [0.717, 1.165) is 25.8 Å². The van der Waals surface area contributed by atoms with Crippen LogP contribution in [-0.2, 0) is 4.79 Å². The molecule has 100 valence electrons. The summed E-state index contributed by atoms with van der Waals surface area (Å²) in [6.45, 7) is 1.47. The van der Waals surface area contributed by atoms with Gasteiger partial charge in [0.15, 0.2) is 0 Å². The van der Waals surface area contributed by atoms with Crippen molar-refractivity contribution in [3.8, 4) is 0 Å². The van der Waals surface area contributed by atoms with Crippen molar-refractivity contribution in [2.45, 2.75) is 32.1 Å². The van der Waals surface area contributed by atoms with E-state index in [0.29, 0.717) is 25.1 Å². The molecule has 0 aliphatic heterocycles. The number of amides is 1. The molecule has 0 bridgehead atoms. The molecule has 0 saturated heterocycles. The third-order valence-electron chi connectivity index (χ3n) is 2.37. The van der Waals surface area contributed by atoms with Gasteiger partial charge in [-0.2, -0.15) is 0 Å². The first kappa shape index (κ1) is 15.7. The predicted molar refractivity (Wildman–Crippen MR) is 69.4 cm³/mol. The van der Waals surface area contributed by atoms with Crippen LogP contribution in [0.4, 0.5) is 0 Å². The Labute approximate surface area is 103 Å². The molecule has 0 spiro atoms. The highest BCUT2D eigenvalue weighted by atomic mass is 16.1. The zero-order valence-corrected chi connectivity index (χ0v) is 10.6. The monoisotopic (exact) mass is 243 g/mol. The lowest BCUT2D eigenvalue weighted by Crippen LogP contribution is -2.28. The van der Waals surface area contributed by atoms with Crippen LogP contribution in [0.3, 0.4) is 0 Å². The van der Waals surface area contributed by atoms with Crippen LogP contribution in [0.5, 0.6) is 0 Å². The number of nitrogens with two attached hydrogens (primary N) is 3. The quantitative estimate of drug-likeness (QED) is 0.250. The Balaban J connectivity index is 3.73. The van der Waals surface area contributed by atoms with Crippen molar-refractivity contribution in [2.75, 3.05) is 20.1 Å². The van der Waals surface area contributed by atoms with E-state index in [1.165, 1.54) is 0 Å². The van der Waals surface area contributed by atoms with Crippen LogP contribution in [-0.4, -0.2) is 31.1 Å².